The molecule has 0 amide bonds. The number of hydrogen-bond acceptors (Lipinski definition) is 4. The van der Waals surface area contributed by atoms with Crippen molar-refractivity contribution in [1.29, 1.82) is 0 Å². The van der Waals surface area contributed by atoms with Gasteiger partial charge in [0, 0.05) is 18.0 Å². The van der Waals surface area contributed by atoms with Crippen molar-refractivity contribution in [1.82, 2.24) is 0 Å². The van der Waals surface area contributed by atoms with Crippen LogP contribution in [0.1, 0.15) is 12.5 Å². The second-order valence-corrected chi connectivity index (χ2v) is 8.65. The lowest BCUT2D eigenvalue weighted by Gasteiger charge is -2.23. The lowest BCUT2D eigenvalue weighted by Crippen LogP contribution is -2.36. The molecule has 1 unspecified atom stereocenters. The van der Waals surface area contributed by atoms with Crippen molar-refractivity contribution in [2.24, 2.45) is 11.7 Å². The van der Waals surface area contributed by atoms with E-state index in [1.165, 1.54) is 6.92 Å². The molecular formula is C18H21NO4P-. The van der Waals surface area contributed by atoms with Gasteiger partial charge < -0.3 is 20.5 Å². The molecule has 0 bridgehead atoms. The van der Waals surface area contributed by atoms with Gasteiger partial charge in [0.1, 0.15) is 0 Å². The molecule has 0 aliphatic rings. The van der Waals surface area contributed by atoms with Crippen LogP contribution in [0, 0.1) is 5.92 Å². The number of benzene rings is 2. The van der Waals surface area contributed by atoms with Crippen LogP contribution in [0.15, 0.2) is 54.6 Å². The molecule has 0 aliphatic carbocycles. The van der Waals surface area contributed by atoms with Crippen molar-refractivity contribution in [2.75, 3.05) is 6.16 Å². The topological polar surface area (TPSA) is 103 Å². The summed E-state index contributed by atoms with van der Waals surface area (Å²) in [5, 5.41) is 11.3. The summed E-state index contributed by atoms with van der Waals surface area (Å²) >= 11 is 0. The van der Waals surface area contributed by atoms with Gasteiger partial charge in [-0.2, -0.15) is 0 Å². The minimum atomic E-state index is -3.71. The molecule has 0 aliphatic heterocycles. The first-order valence-corrected chi connectivity index (χ1v) is 9.63. The molecule has 2 rings (SSSR count). The quantitative estimate of drug-likeness (QED) is 0.745. The molecule has 0 heterocycles. The highest BCUT2D eigenvalue weighted by Crippen LogP contribution is 2.45. The van der Waals surface area contributed by atoms with Gasteiger partial charge >= 0.3 is 0 Å². The molecule has 128 valence electrons. The standard InChI is InChI=1S/C18H22NO4P/c1-13(19)24(22,23)12-17(18(20)21)11-14-7-9-16(10-8-14)15-5-3-2-4-6-15/h2-10,13,17H,11-12,19H2,1H3,(H,20,21)(H,22,23)/p-1/t13-,17-/m1/s1. The Labute approximate surface area is 141 Å². The fraction of sp³-hybridized carbons (Fsp3) is 0.278. The molecule has 2 aromatic carbocycles. The Kier molecular flexibility index (Phi) is 5.94. The average Bonchev–Trinajstić information content (AvgIpc) is 2.55. The number of hydrogen-bond donors (Lipinski definition) is 2. The van der Waals surface area contributed by atoms with Crippen LogP contribution >= 0.6 is 7.37 Å². The van der Waals surface area contributed by atoms with E-state index in [9.17, 15) is 19.4 Å². The van der Waals surface area contributed by atoms with Gasteiger partial charge in [-0.1, -0.05) is 54.6 Å². The van der Waals surface area contributed by atoms with Crippen LogP contribution in [0.25, 0.3) is 11.1 Å². The third-order valence-electron chi connectivity index (χ3n) is 3.99. The third-order valence-corrected chi connectivity index (χ3v) is 6.23. The summed E-state index contributed by atoms with van der Waals surface area (Å²) in [7, 11) is -3.71. The summed E-state index contributed by atoms with van der Waals surface area (Å²) in [5.74, 6) is -3.34. The Morgan fingerprint density at radius 3 is 2.17 bits per heavy atom. The molecule has 3 N–H and O–H groups in total. The van der Waals surface area contributed by atoms with Crippen LogP contribution in [0.2, 0.25) is 0 Å². The lowest BCUT2D eigenvalue weighted by molar-refractivity contribution is -0.310. The Morgan fingerprint density at radius 1 is 1.12 bits per heavy atom. The molecule has 6 heteroatoms. The highest BCUT2D eigenvalue weighted by atomic mass is 31.2. The Balaban J connectivity index is 2.13. The molecule has 0 radical (unpaired) electrons. The maximum Gasteiger partial charge on any atom is 0.217 e. The monoisotopic (exact) mass is 346 g/mol. The van der Waals surface area contributed by atoms with Crippen LogP contribution in [0.5, 0.6) is 0 Å². The van der Waals surface area contributed by atoms with Crippen LogP contribution in [-0.2, 0) is 15.8 Å². The van der Waals surface area contributed by atoms with Gasteiger partial charge in [0.2, 0.25) is 7.37 Å². The van der Waals surface area contributed by atoms with Crippen molar-refractivity contribution < 1.29 is 19.4 Å². The Morgan fingerprint density at radius 2 is 1.67 bits per heavy atom. The molecule has 24 heavy (non-hydrogen) atoms. The van der Waals surface area contributed by atoms with Crippen LogP contribution in [0.3, 0.4) is 0 Å². The smallest absolute Gasteiger partial charge is 0.217 e. The van der Waals surface area contributed by atoms with E-state index in [4.69, 9.17) is 5.73 Å². The molecule has 0 fully saturated rings. The molecule has 0 saturated carbocycles. The number of rotatable bonds is 7. The van der Waals surface area contributed by atoms with E-state index >= 15 is 0 Å². The zero-order valence-corrected chi connectivity index (χ0v) is 14.4. The fourth-order valence-corrected chi connectivity index (χ4v) is 3.70. The van der Waals surface area contributed by atoms with E-state index < -0.39 is 25.0 Å². The second kappa shape index (κ2) is 7.75. The minimum Gasteiger partial charge on any atom is -0.550 e. The van der Waals surface area contributed by atoms with Crippen molar-refractivity contribution in [3.63, 3.8) is 0 Å². The summed E-state index contributed by atoms with van der Waals surface area (Å²) in [6, 6.07) is 17.3. The summed E-state index contributed by atoms with van der Waals surface area (Å²) in [4.78, 5) is 21.1. The van der Waals surface area contributed by atoms with E-state index in [-0.39, 0.29) is 12.6 Å². The predicted octanol–water partition coefficient (Wildman–Crippen LogP) is 1.84. The number of carboxylic acid groups (broad SMARTS) is 1. The molecular weight excluding hydrogens is 325 g/mol. The fourth-order valence-electron chi connectivity index (χ4n) is 2.45. The zero-order chi connectivity index (χ0) is 17.7. The molecule has 3 atom stereocenters. The normalized spacial score (nSPS) is 16.1. The van der Waals surface area contributed by atoms with E-state index in [0.29, 0.717) is 0 Å². The van der Waals surface area contributed by atoms with Gasteiger partial charge in [0.25, 0.3) is 0 Å². The number of carbonyl (C=O) groups excluding carboxylic acids is 1. The van der Waals surface area contributed by atoms with Crippen molar-refractivity contribution in [3.8, 4) is 11.1 Å². The average molecular weight is 346 g/mol. The molecule has 0 saturated heterocycles. The van der Waals surface area contributed by atoms with E-state index in [1.807, 2.05) is 54.6 Å². The molecule has 2 aromatic rings. The first-order valence-electron chi connectivity index (χ1n) is 7.72. The summed E-state index contributed by atoms with van der Waals surface area (Å²) in [5.41, 5.74) is 8.33. The first kappa shape index (κ1) is 18.4. The maximum atomic E-state index is 12.0. The van der Waals surface area contributed by atoms with Crippen LogP contribution < -0.4 is 10.8 Å². The second-order valence-electron chi connectivity index (χ2n) is 5.96. The Hall–Kier alpha value is -1.94. The maximum absolute atomic E-state index is 12.0. The van der Waals surface area contributed by atoms with E-state index in [2.05, 4.69) is 0 Å². The predicted molar refractivity (Wildman–Crippen MR) is 92.4 cm³/mol. The largest absolute Gasteiger partial charge is 0.550 e. The van der Waals surface area contributed by atoms with Gasteiger partial charge in [0.05, 0.1) is 5.78 Å². The molecule has 0 spiro atoms. The Bertz CT molecular complexity index is 728. The number of aliphatic carboxylic acids is 1. The van der Waals surface area contributed by atoms with Gasteiger partial charge in [-0.05, 0) is 30.0 Å². The van der Waals surface area contributed by atoms with E-state index in [1.54, 1.807) is 0 Å². The summed E-state index contributed by atoms with van der Waals surface area (Å²) in [6.45, 7) is 1.40. The van der Waals surface area contributed by atoms with Crippen LogP contribution in [-0.4, -0.2) is 22.8 Å². The minimum absolute atomic E-state index is 0.134. The van der Waals surface area contributed by atoms with Crippen molar-refractivity contribution >= 4 is 13.3 Å². The SMILES string of the molecule is C[C@H](N)P(=O)(O)C[C@@H](Cc1ccc(-c2ccccc2)cc1)C(=O)[O-]. The van der Waals surface area contributed by atoms with Crippen LogP contribution in [0.4, 0.5) is 0 Å². The van der Waals surface area contributed by atoms with Gasteiger partial charge in [-0.3, -0.25) is 4.57 Å². The number of carboxylic acids is 1. The highest BCUT2D eigenvalue weighted by molar-refractivity contribution is 7.58. The van der Waals surface area contributed by atoms with Gasteiger partial charge in [0.15, 0.2) is 0 Å². The van der Waals surface area contributed by atoms with Crippen molar-refractivity contribution in [3.05, 3.63) is 60.2 Å². The third kappa shape index (κ3) is 4.78. The lowest BCUT2D eigenvalue weighted by atomic mass is 9.98. The molecule has 0 aromatic heterocycles. The zero-order valence-electron chi connectivity index (χ0n) is 13.5. The van der Waals surface area contributed by atoms with Crippen molar-refractivity contribution in [2.45, 2.75) is 19.1 Å². The molecule has 5 nitrogen and oxygen atoms in total. The highest BCUT2D eigenvalue weighted by Gasteiger charge is 2.28. The summed E-state index contributed by atoms with van der Waals surface area (Å²) in [6.07, 6.45) is -0.248. The van der Waals surface area contributed by atoms with Gasteiger partial charge in [-0.15, -0.1) is 0 Å². The number of carbonyl (C=O) groups is 1. The van der Waals surface area contributed by atoms with E-state index in [0.717, 1.165) is 16.7 Å². The van der Waals surface area contributed by atoms with Gasteiger partial charge in [-0.25, -0.2) is 0 Å². The first-order chi connectivity index (χ1) is 11.3. The summed E-state index contributed by atoms with van der Waals surface area (Å²) < 4.78 is 12.0. The number of nitrogens with two attached hydrogens (primary N) is 1.